The van der Waals surface area contributed by atoms with Gasteiger partial charge in [-0.05, 0) is 25.2 Å². The van der Waals surface area contributed by atoms with E-state index < -0.39 is 0 Å². The Labute approximate surface area is 113 Å². The fourth-order valence-electron chi connectivity index (χ4n) is 1.74. The van der Waals surface area contributed by atoms with Crippen LogP contribution < -0.4 is 0 Å². The predicted molar refractivity (Wildman–Crippen MR) is 79.5 cm³/mol. The van der Waals surface area contributed by atoms with E-state index in [1.165, 1.54) is 0 Å². The molecule has 0 atom stereocenters. The fraction of sp³-hybridized carbons (Fsp3) is 0.688. The first-order valence-electron chi connectivity index (χ1n) is 7.19. The maximum Gasteiger partial charge on any atom is 0.222 e. The lowest BCUT2D eigenvalue weighted by Gasteiger charge is -2.22. The van der Waals surface area contributed by atoms with Crippen LogP contribution in [0.1, 0.15) is 53.4 Å². The van der Waals surface area contributed by atoms with Gasteiger partial charge in [0.2, 0.25) is 5.91 Å². The first-order chi connectivity index (χ1) is 8.61. The monoisotopic (exact) mass is 251 g/mol. The molecule has 0 saturated heterocycles. The molecule has 2 nitrogen and oxygen atoms in total. The van der Waals surface area contributed by atoms with Crippen molar-refractivity contribution >= 4 is 5.91 Å². The second kappa shape index (κ2) is 11.1. The molecule has 1 amide bonds. The van der Waals surface area contributed by atoms with E-state index in [2.05, 4.69) is 45.1 Å². The Hall–Kier alpha value is -1.05. The molecule has 0 aromatic heterocycles. The van der Waals surface area contributed by atoms with Crippen LogP contribution in [0.2, 0.25) is 0 Å². The van der Waals surface area contributed by atoms with Gasteiger partial charge in [-0.1, -0.05) is 52.0 Å². The van der Waals surface area contributed by atoms with Gasteiger partial charge in [0.25, 0.3) is 0 Å². The average molecular weight is 251 g/mol. The number of carbonyl (C=O) groups excluding carboxylic acids is 1. The molecule has 0 aliphatic carbocycles. The van der Waals surface area contributed by atoms with Crippen LogP contribution in [0.25, 0.3) is 0 Å². The van der Waals surface area contributed by atoms with Gasteiger partial charge < -0.3 is 4.90 Å². The van der Waals surface area contributed by atoms with Crippen LogP contribution >= 0.6 is 0 Å². The third kappa shape index (κ3) is 9.03. The number of nitrogens with zero attached hydrogens (tertiary/aromatic N) is 1. The summed E-state index contributed by atoms with van der Waals surface area (Å²) in [6, 6.07) is 0. The minimum Gasteiger partial charge on any atom is -0.339 e. The molecule has 0 aromatic rings. The largest absolute Gasteiger partial charge is 0.339 e. The van der Waals surface area contributed by atoms with Gasteiger partial charge in [0.05, 0.1) is 0 Å². The number of unbranched alkanes of at least 4 members (excludes halogenated alkanes) is 1. The van der Waals surface area contributed by atoms with Crippen LogP contribution in [-0.2, 0) is 4.79 Å². The van der Waals surface area contributed by atoms with Crippen molar-refractivity contribution in [1.29, 1.82) is 0 Å². The molecule has 0 unspecified atom stereocenters. The summed E-state index contributed by atoms with van der Waals surface area (Å²) in [6.07, 6.45) is 12.6. The van der Waals surface area contributed by atoms with Crippen molar-refractivity contribution in [2.24, 2.45) is 5.92 Å². The minimum atomic E-state index is 0.249. The SMILES string of the molecule is CC/C=C\CC/C=C\CN(CC(C)C)C(=O)CC. The number of carbonyl (C=O) groups is 1. The van der Waals surface area contributed by atoms with E-state index in [-0.39, 0.29) is 5.91 Å². The number of hydrogen-bond acceptors (Lipinski definition) is 1. The Morgan fingerprint density at radius 2 is 1.67 bits per heavy atom. The van der Waals surface area contributed by atoms with Crippen molar-refractivity contribution in [2.45, 2.75) is 53.4 Å². The highest BCUT2D eigenvalue weighted by atomic mass is 16.2. The summed E-state index contributed by atoms with van der Waals surface area (Å²) < 4.78 is 0. The lowest BCUT2D eigenvalue weighted by Crippen LogP contribution is -2.33. The Kier molecular flexibility index (Phi) is 10.4. The zero-order valence-corrected chi connectivity index (χ0v) is 12.5. The van der Waals surface area contributed by atoms with Crippen molar-refractivity contribution in [1.82, 2.24) is 4.90 Å². The fourth-order valence-corrected chi connectivity index (χ4v) is 1.74. The third-order valence-corrected chi connectivity index (χ3v) is 2.64. The number of rotatable bonds is 9. The van der Waals surface area contributed by atoms with E-state index in [1.807, 2.05) is 11.8 Å². The minimum absolute atomic E-state index is 0.249. The smallest absolute Gasteiger partial charge is 0.222 e. The number of amides is 1. The van der Waals surface area contributed by atoms with Crippen molar-refractivity contribution in [3.05, 3.63) is 24.3 Å². The van der Waals surface area contributed by atoms with Gasteiger partial charge in [-0.3, -0.25) is 4.79 Å². The van der Waals surface area contributed by atoms with Gasteiger partial charge in [0, 0.05) is 19.5 Å². The number of allylic oxidation sites excluding steroid dienone is 3. The summed E-state index contributed by atoms with van der Waals surface area (Å²) in [4.78, 5) is 13.7. The molecule has 0 heterocycles. The molecule has 0 radical (unpaired) electrons. The van der Waals surface area contributed by atoms with Crippen LogP contribution in [0.15, 0.2) is 24.3 Å². The van der Waals surface area contributed by atoms with Crippen LogP contribution in [0.4, 0.5) is 0 Å². The molecule has 104 valence electrons. The molecule has 0 spiro atoms. The summed E-state index contributed by atoms with van der Waals surface area (Å²) in [5.41, 5.74) is 0. The zero-order chi connectivity index (χ0) is 13.8. The van der Waals surface area contributed by atoms with Gasteiger partial charge in [0.1, 0.15) is 0 Å². The zero-order valence-electron chi connectivity index (χ0n) is 12.5. The summed E-state index contributed by atoms with van der Waals surface area (Å²) >= 11 is 0. The summed E-state index contributed by atoms with van der Waals surface area (Å²) in [5.74, 6) is 0.778. The molecular formula is C16H29NO. The van der Waals surface area contributed by atoms with Crippen molar-refractivity contribution < 1.29 is 4.79 Å². The first-order valence-corrected chi connectivity index (χ1v) is 7.19. The second-order valence-corrected chi connectivity index (χ2v) is 4.97. The maximum atomic E-state index is 11.7. The summed E-state index contributed by atoms with van der Waals surface area (Å²) in [7, 11) is 0. The lowest BCUT2D eigenvalue weighted by molar-refractivity contribution is -0.130. The molecule has 18 heavy (non-hydrogen) atoms. The highest BCUT2D eigenvalue weighted by Gasteiger charge is 2.10. The third-order valence-electron chi connectivity index (χ3n) is 2.64. The molecule has 0 bridgehead atoms. The standard InChI is InChI=1S/C16H29NO/c1-5-7-8-9-10-11-12-13-17(14-15(3)4)16(18)6-2/h7-8,11-12,15H,5-6,9-10,13-14H2,1-4H3/b8-7-,12-11-. The quantitative estimate of drug-likeness (QED) is 0.444. The normalized spacial score (nSPS) is 11.8. The predicted octanol–water partition coefficient (Wildman–Crippen LogP) is 4.18. The van der Waals surface area contributed by atoms with E-state index in [9.17, 15) is 4.79 Å². The van der Waals surface area contributed by atoms with E-state index >= 15 is 0 Å². The van der Waals surface area contributed by atoms with Crippen LogP contribution in [0, 0.1) is 5.92 Å². The van der Waals surface area contributed by atoms with E-state index in [0.29, 0.717) is 12.3 Å². The molecule has 0 aliphatic rings. The highest BCUT2D eigenvalue weighted by molar-refractivity contribution is 5.75. The Bertz CT molecular complexity index is 266. The van der Waals surface area contributed by atoms with E-state index in [4.69, 9.17) is 0 Å². The van der Waals surface area contributed by atoms with Gasteiger partial charge >= 0.3 is 0 Å². The van der Waals surface area contributed by atoms with Crippen molar-refractivity contribution in [2.75, 3.05) is 13.1 Å². The molecule has 0 rings (SSSR count). The Balaban J connectivity index is 3.98. The summed E-state index contributed by atoms with van der Waals surface area (Å²) in [5, 5.41) is 0. The molecule has 0 aliphatic heterocycles. The van der Waals surface area contributed by atoms with Crippen molar-refractivity contribution in [3.8, 4) is 0 Å². The average Bonchev–Trinajstić information content (AvgIpc) is 2.34. The van der Waals surface area contributed by atoms with Gasteiger partial charge in [-0.2, -0.15) is 0 Å². The first kappa shape index (κ1) is 16.9. The van der Waals surface area contributed by atoms with Gasteiger partial charge in [-0.25, -0.2) is 0 Å². The van der Waals surface area contributed by atoms with E-state index in [1.54, 1.807) is 0 Å². The van der Waals surface area contributed by atoms with Crippen molar-refractivity contribution in [3.63, 3.8) is 0 Å². The Morgan fingerprint density at radius 1 is 1.06 bits per heavy atom. The molecule has 2 heteroatoms. The summed E-state index contributed by atoms with van der Waals surface area (Å²) in [6.45, 7) is 9.97. The highest BCUT2D eigenvalue weighted by Crippen LogP contribution is 2.02. The van der Waals surface area contributed by atoms with E-state index in [0.717, 1.165) is 32.4 Å². The molecular weight excluding hydrogens is 222 g/mol. The molecule has 0 N–H and O–H groups in total. The molecule has 0 fully saturated rings. The molecule has 0 saturated carbocycles. The van der Waals surface area contributed by atoms with Crippen LogP contribution in [-0.4, -0.2) is 23.9 Å². The maximum absolute atomic E-state index is 11.7. The lowest BCUT2D eigenvalue weighted by atomic mass is 10.2. The number of hydrogen-bond donors (Lipinski definition) is 0. The van der Waals surface area contributed by atoms with Crippen LogP contribution in [0.5, 0.6) is 0 Å². The van der Waals surface area contributed by atoms with Gasteiger partial charge in [-0.15, -0.1) is 0 Å². The second-order valence-electron chi connectivity index (χ2n) is 4.97. The topological polar surface area (TPSA) is 20.3 Å². The van der Waals surface area contributed by atoms with Crippen LogP contribution in [0.3, 0.4) is 0 Å². The Morgan fingerprint density at radius 3 is 2.17 bits per heavy atom. The molecule has 0 aromatic carbocycles. The van der Waals surface area contributed by atoms with Gasteiger partial charge in [0.15, 0.2) is 0 Å².